The van der Waals surface area contributed by atoms with Crippen molar-refractivity contribution in [3.63, 3.8) is 0 Å². The standard InChI is InChI=1S/C28H30ClN5O/c1-32-27(21-4-8-22(9-5-21)33-14-12-30-13-15-33)25(26-24(29)10-11-31-28(26)32)20-2-6-23(7-3-20)34-16-18-35-19-17-34/h2-11,30H,12-19H2,1H3. The minimum absolute atomic E-state index is 0.724. The van der Waals surface area contributed by atoms with E-state index < -0.39 is 0 Å². The average Bonchev–Trinajstić information content (AvgIpc) is 3.23. The van der Waals surface area contributed by atoms with Crippen LogP contribution in [0, 0.1) is 0 Å². The number of morpholine rings is 1. The fraction of sp³-hybridized carbons (Fsp3) is 0.321. The number of pyridine rings is 1. The minimum atomic E-state index is 0.724. The summed E-state index contributed by atoms with van der Waals surface area (Å²) in [6, 6.07) is 19.6. The number of anilines is 2. The predicted octanol–water partition coefficient (Wildman–Crippen LogP) is 4.81. The molecular weight excluding hydrogens is 458 g/mol. The van der Waals surface area contributed by atoms with Gasteiger partial charge in [0, 0.05) is 74.8 Å². The first kappa shape index (κ1) is 22.4. The molecular formula is C28H30ClN5O. The maximum Gasteiger partial charge on any atom is 0.142 e. The van der Waals surface area contributed by atoms with Gasteiger partial charge >= 0.3 is 0 Å². The zero-order valence-electron chi connectivity index (χ0n) is 20.0. The van der Waals surface area contributed by atoms with Crippen LogP contribution in [0.15, 0.2) is 60.8 Å². The third kappa shape index (κ3) is 4.16. The third-order valence-corrected chi connectivity index (χ3v) is 7.49. The Morgan fingerprint density at radius 2 is 1.40 bits per heavy atom. The normalized spacial score (nSPS) is 16.7. The fourth-order valence-corrected chi connectivity index (χ4v) is 5.57. The van der Waals surface area contributed by atoms with Crippen LogP contribution in [0.2, 0.25) is 5.02 Å². The number of rotatable bonds is 4. The minimum Gasteiger partial charge on any atom is -0.378 e. The van der Waals surface area contributed by atoms with Crippen molar-refractivity contribution in [2.45, 2.75) is 0 Å². The van der Waals surface area contributed by atoms with Crippen LogP contribution in [0.4, 0.5) is 11.4 Å². The van der Waals surface area contributed by atoms with Crippen molar-refractivity contribution in [1.29, 1.82) is 0 Å². The van der Waals surface area contributed by atoms with E-state index in [9.17, 15) is 0 Å². The summed E-state index contributed by atoms with van der Waals surface area (Å²) >= 11 is 6.78. The van der Waals surface area contributed by atoms with Crippen LogP contribution in [0.1, 0.15) is 0 Å². The van der Waals surface area contributed by atoms with Gasteiger partial charge in [-0.3, -0.25) is 0 Å². The Kier molecular flexibility index (Phi) is 6.10. The first-order valence-corrected chi connectivity index (χ1v) is 12.7. The summed E-state index contributed by atoms with van der Waals surface area (Å²) in [5.74, 6) is 0. The van der Waals surface area contributed by atoms with Crippen LogP contribution < -0.4 is 15.1 Å². The number of hydrogen-bond acceptors (Lipinski definition) is 5. The molecule has 0 bridgehead atoms. The number of fused-ring (bicyclic) bond motifs is 1. The van der Waals surface area contributed by atoms with E-state index in [2.05, 4.69) is 75.3 Å². The molecule has 0 aliphatic carbocycles. The van der Waals surface area contributed by atoms with E-state index in [1.165, 1.54) is 11.4 Å². The lowest BCUT2D eigenvalue weighted by Gasteiger charge is -2.29. The number of benzene rings is 2. The van der Waals surface area contributed by atoms with E-state index in [0.29, 0.717) is 0 Å². The highest BCUT2D eigenvalue weighted by Gasteiger charge is 2.22. The molecule has 7 heteroatoms. The van der Waals surface area contributed by atoms with Gasteiger partial charge in [0.15, 0.2) is 0 Å². The molecule has 2 aromatic carbocycles. The molecule has 35 heavy (non-hydrogen) atoms. The van der Waals surface area contributed by atoms with E-state index in [-0.39, 0.29) is 0 Å². The second-order valence-corrected chi connectivity index (χ2v) is 9.61. The first-order chi connectivity index (χ1) is 17.2. The zero-order chi connectivity index (χ0) is 23.8. The van der Waals surface area contributed by atoms with Crippen LogP contribution >= 0.6 is 11.6 Å². The molecule has 6 rings (SSSR count). The topological polar surface area (TPSA) is 45.6 Å². The highest BCUT2D eigenvalue weighted by atomic mass is 35.5. The largest absolute Gasteiger partial charge is 0.378 e. The Morgan fingerprint density at radius 3 is 2.06 bits per heavy atom. The number of halogens is 1. The maximum absolute atomic E-state index is 6.78. The van der Waals surface area contributed by atoms with Crippen molar-refractivity contribution in [3.8, 4) is 22.4 Å². The molecule has 2 aliphatic heterocycles. The summed E-state index contributed by atoms with van der Waals surface area (Å²) in [5, 5.41) is 5.15. The molecule has 0 unspecified atom stereocenters. The van der Waals surface area contributed by atoms with Gasteiger partial charge in [-0.15, -0.1) is 0 Å². The van der Waals surface area contributed by atoms with Crippen molar-refractivity contribution in [2.75, 3.05) is 62.3 Å². The van der Waals surface area contributed by atoms with Gasteiger partial charge in [0.05, 0.1) is 23.9 Å². The zero-order valence-corrected chi connectivity index (χ0v) is 20.8. The lowest BCUT2D eigenvalue weighted by molar-refractivity contribution is 0.122. The van der Waals surface area contributed by atoms with E-state index >= 15 is 0 Å². The van der Waals surface area contributed by atoms with Gasteiger partial charge in [-0.2, -0.15) is 0 Å². The van der Waals surface area contributed by atoms with Gasteiger partial charge in [-0.05, 0) is 41.5 Å². The molecule has 180 valence electrons. The number of aryl methyl sites for hydroxylation is 1. The molecule has 6 nitrogen and oxygen atoms in total. The summed E-state index contributed by atoms with van der Waals surface area (Å²) in [7, 11) is 2.08. The lowest BCUT2D eigenvalue weighted by atomic mass is 9.98. The molecule has 2 saturated heterocycles. The Balaban J connectivity index is 1.44. The molecule has 0 atom stereocenters. The van der Waals surface area contributed by atoms with E-state index in [0.717, 1.165) is 90.9 Å². The first-order valence-electron chi connectivity index (χ1n) is 12.3. The quantitative estimate of drug-likeness (QED) is 0.447. The molecule has 0 radical (unpaired) electrons. The van der Waals surface area contributed by atoms with Gasteiger partial charge < -0.3 is 24.4 Å². The SMILES string of the molecule is Cn1c(-c2ccc(N3CCNCC3)cc2)c(-c2ccc(N3CCOCC3)cc2)c2c(Cl)ccnc21. The van der Waals surface area contributed by atoms with Gasteiger partial charge in [-0.1, -0.05) is 35.9 Å². The summed E-state index contributed by atoms with van der Waals surface area (Å²) < 4.78 is 7.69. The van der Waals surface area contributed by atoms with Gasteiger partial charge in [0.1, 0.15) is 5.65 Å². The third-order valence-electron chi connectivity index (χ3n) is 7.18. The van der Waals surface area contributed by atoms with Gasteiger partial charge in [-0.25, -0.2) is 4.98 Å². The van der Waals surface area contributed by atoms with Gasteiger partial charge in [0.25, 0.3) is 0 Å². The van der Waals surface area contributed by atoms with E-state index in [1.54, 1.807) is 6.20 Å². The van der Waals surface area contributed by atoms with Crippen molar-refractivity contribution in [3.05, 3.63) is 65.8 Å². The molecule has 4 aromatic rings. The van der Waals surface area contributed by atoms with E-state index in [1.807, 2.05) is 6.07 Å². The Morgan fingerprint density at radius 1 is 0.800 bits per heavy atom. The van der Waals surface area contributed by atoms with Crippen molar-refractivity contribution in [2.24, 2.45) is 7.05 Å². The van der Waals surface area contributed by atoms with Crippen LogP contribution in [0.5, 0.6) is 0 Å². The lowest BCUT2D eigenvalue weighted by Crippen LogP contribution is -2.43. The number of aromatic nitrogens is 2. The summed E-state index contributed by atoms with van der Waals surface area (Å²) in [4.78, 5) is 9.51. The number of nitrogens with zero attached hydrogens (tertiary/aromatic N) is 4. The van der Waals surface area contributed by atoms with Crippen LogP contribution in [0.3, 0.4) is 0 Å². The molecule has 0 amide bonds. The molecule has 1 N–H and O–H groups in total. The maximum atomic E-state index is 6.78. The van der Waals surface area contributed by atoms with Crippen LogP contribution in [0.25, 0.3) is 33.4 Å². The second kappa shape index (κ2) is 9.53. The molecule has 2 aromatic heterocycles. The molecule has 0 saturated carbocycles. The smallest absolute Gasteiger partial charge is 0.142 e. The number of nitrogens with one attached hydrogen (secondary N) is 1. The van der Waals surface area contributed by atoms with Crippen molar-refractivity contribution < 1.29 is 4.74 Å². The molecule has 0 spiro atoms. The Bertz CT molecular complexity index is 1320. The van der Waals surface area contributed by atoms with Crippen LogP contribution in [-0.2, 0) is 11.8 Å². The highest BCUT2D eigenvalue weighted by Crippen LogP contribution is 2.43. The summed E-state index contributed by atoms with van der Waals surface area (Å²) in [5.41, 5.74) is 7.95. The molecule has 4 heterocycles. The summed E-state index contributed by atoms with van der Waals surface area (Å²) in [6.07, 6.45) is 1.78. The Hall–Kier alpha value is -3.06. The van der Waals surface area contributed by atoms with E-state index in [4.69, 9.17) is 21.3 Å². The predicted molar refractivity (Wildman–Crippen MR) is 145 cm³/mol. The number of hydrogen-bond donors (Lipinski definition) is 1. The second-order valence-electron chi connectivity index (χ2n) is 9.20. The Labute approximate surface area is 211 Å². The fourth-order valence-electron chi connectivity index (χ4n) is 5.34. The average molecular weight is 488 g/mol. The number of piperazine rings is 1. The monoisotopic (exact) mass is 487 g/mol. The number of ether oxygens (including phenoxy) is 1. The van der Waals surface area contributed by atoms with Crippen molar-refractivity contribution >= 4 is 34.0 Å². The summed E-state index contributed by atoms with van der Waals surface area (Å²) in [6.45, 7) is 7.53. The van der Waals surface area contributed by atoms with Crippen LogP contribution in [-0.4, -0.2) is 62.0 Å². The highest BCUT2D eigenvalue weighted by molar-refractivity contribution is 6.37. The molecule has 2 aliphatic rings. The van der Waals surface area contributed by atoms with Gasteiger partial charge in [0.2, 0.25) is 0 Å². The molecule has 2 fully saturated rings. The van der Waals surface area contributed by atoms with Crippen molar-refractivity contribution in [1.82, 2.24) is 14.9 Å².